The first-order chi connectivity index (χ1) is 8.61. The first-order valence-corrected chi connectivity index (χ1v) is 5.79. The third kappa shape index (κ3) is 3.20. The predicted molar refractivity (Wildman–Crippen MR) is 70.2 cm³/mol. The number of para-hydroxylation sites is 1. The van der Waals surface area contributed by atoms with Crippen molar-refractivity contribution in [3.63, 3.8) is 0 Å². The molecule has 0 aliphatic rings. The van der Waals surface area contributed by atoms with Gasteiger partial charge in [0.1, 0.15) is 6.04 Å². The molecule has 0 saturated carbocycles. The lowest BCUT2D eigenvalue weighted by atomic mass is 10.2. The van der Waals surface area contributed by atoms with Crippen molar-refractivity contribution in [2.75, 3.05) is 11.5 Å². The van der Waals surface area contributed by atoms with Crippen LogP contribution >= 0.6 is 0 Å². The normalized spacial score (nSPS) is 11.4. The average Bonchev–Trinajstić information content (AvgIpc) is 2.40. The van der Waals surface area contributed by atoms with E-state index in [0.29, 0.717) is 5.69 Å². The Morgan fingerprint density at radius 2 is 2.00 bits per heavy atom. The highest BCUT2D eigenvalue weighted by Crippen LogP contribution is 2.17. The minimum Gasteiger partial charge on any atom is -0.464 e. The van der Waals surface area contributed by atoms with E-state index in [1.165, 1.54) is 11.0 Å². The van der Waals surface area contributed by atoms with E-state index in [0.717, 1.165) is 0 Å². The van der Waals surface area contributed by atoms with Crippen molar-refractivity contribution in [2.24, 2.45) is 0 Å². The molecule has 0 spiro atoms. The van der Waals surface area contributed by atoms with Crippen molar-refractivity contribution in [3.05, 3.63) is 43.0 Å². The summed E-state index contributed by atoms with van der Waals surface area (Å²) in [5, 5.41) is 0. The predicted octanol–water partition coefficient (Wildman–Crippen LogP) is 2.16. The Morgan fingerprint density at radius 1 is 1.39 bits per heavy atom. The molecular formula is C14H17NO3. The van der Waals surface area contributed by atoms with E-state index in [1.807, 2.05) is 6.07 Å². The van der Waals surface area contributed by atoms with Crippen molar-refractivity contribution < 1.29 is 14.3 Å². The van der Waals surface area contributed by atoms with Gasteiger partial charge >= 0.3 is 5.97 Å². The quantitative estimate of drug-likeness (QED) is 0.591. The second-order valence-corrected chi connectivity index (χ2v) is 3.68. The van der Waals surface area contributed by atoms with Crippen LogP contribution in [0.25, 0.3) is 0 Å². The molecule has 96 valence electrons. The average molecular weight is 247 g/mol. The van der Waals surface area contributed by atoms with E-state index in [-0.39, 0.29) is 12.5 Å². The number of hydrogen-bond acceptors (Lipinski definition) is 3. The van der Waals surface area contributed by atoms with Gasteiger partial charge in [0.15, 0.2) is 0 Å². The molecule has 0 N–H and O–H groups in total. The van der Waals surface area contributed by atoms with E-state index < -0.39 is 12.0 Å². The SMILES string of the molecule is C=CC(=O)N(c1ccccc1)[C@@H](C)C(=O)OCC. The van der Waals surface area contributed by atoms with E-state index in [4.69, 9.17) is 4.74 Å². The molecule has 0 radical (unpaired) electrons. The van der Waals surface area contributed by atoms with E-state index in [2.05, 4.69) is 6.58 Å². The lowest BCUT2D eigenvalue weighted by Gasteiger charge is -2.26. The molecule has 0 aromatic heterocycles. The van der Waals surface area contributed by atoms with E-state index in [1.54, 1.807) is 38.1 Å². The zero-order chi connectivity index (χ0) is 13.5. The van der Waals surface area contributed by atoms with Gasteiger partial charge in [-0.05, 0) is 32.1 Å². The summed E-state index contributed by atoms with van der Waals surface area (Å²) in [6.07, 6.45) is 1.18. The van der Waals surface area contributed by atoms with Crippen molar-refractivity contribution in [1.29, 1.82) is 0 Å². The molecule has 0 aliphatic carbocycles. The number of rotatable bonds is 5. The van der Waals surface area contributed by atoms with E-state index >= 15 is 0 Å². The van der Waals surface area contributed by atoms with Gasteiger partial charge in [0.05, 0.1) is 6.61 Å². The highest BCUT2D eigenvalue weighted by atomic mass is 16.5. The van der Waals surface area contributed by atoms with Crippen molar-refractivity contribution in [1.82, 2.24) is 0 Å². The summed E-state index contributed by atoms with van der Waals surface area (Å²) in [4.78, 5) is 25.0. The van der Waals surface area contributed by atoms with Crippen LogP contribution in [0.2, 0.25) is 0 Å². The highest BCUT2D eigenvalue weighted by molar-refractivity contribution is 6.05. The van der Waals surface area contributed by atoms with Crippen molar-refractivity contribution >= 4 is 17.6 Å². The van der Waals surface area contributed by atoms with Gasteiger partial charge in [0, 0.05) is 5.69 Å². The summed E-state index contributed by atoms with van der Waals surface area (Å²) >= 11 is 0. The topological polar surface area (TPSA) is 46.6 Å². The van der Waals surface area contributed by atoms with Crippen LogP contribution in [0.3, 0.4) is 0 Å². The van der Waals surface area contributed by atoms with Crippen LogP contribution in [0.4, 0.5) is 5.69 Å². The van der Waals surface area contributed by atoms with Gasteiger partial charge in [-0.2, -0.15) is 0 Å². The third-order valence-corrected chi connectivity index (χ3v) is 2.46. The Bertz CT molecular complexity index is 428. The summed E-state index contributed by atoms with van der Waals surface area (Å²) in [5.74, 6) is -0.765. The number of ether oxygens (including phenoxy) is 1. The fraction of sp³-hybridized carbons (Fsp3) is 0.286. The minimum atomic E-state index is -0.683. The number of carbonyl (C=O) groups is 2. The van der Waals surface area contributed by atoms with Gasteiger partial charge < -0.3 is 4.74 Å². The second-order valence-electron chi connectivity index (χ2n) is 3.68. The van der Waals surface area contributed by atoms with Gasteiger partial charge in [-0.1, -0.05) is 24.8 Å². The monoisotopic (exact) mass is 247 g/mol. The Labute approximate surface area is 107 Å². The fourth-order valence-corrected chi connectivity index (χ4v) is 1.60. The molecule has 1 amide bonds. The molecule has 0 heterocycles. The molecule has 0 saturated heterocycles. The number of anilines is 1. The number of esters is 1. The minimum absolute atomic E-state index is 0.286. The first kappa shape index (κ1) is 14.0. The highest BCUT2D eigenvalue weighted by Gasteiger charge is 2.26. The van der Waals surface area contributed by atoms with Crippen LogP contribution in [-0.2, 0) is 14.3 Å². The molecule has 0 aliphatic heterocycles. The molecular weight excluding hydrogens is 230 g/mol. The Kier molecular flexibility index (Phi) is 5.11. The molecule has 1 atom stereocenters. The Morgan fingerprint density at radius 3 is 2.50 bits per heavy atom. The third-order valence-electron chi connectivity index (χ3n) is 2.46. The molecule has 0 unspecified atom stereocenters. The Balaban J connectivity index is 3.03. The summed E-state index contributed by atoms with van der Waals surface area (Å²) in [7, 11) is 0. The number of hydrogen-bond donors (Lipinski definition) is 0. The molecule has 1 aromatic carbocycles. The van der Waals surface area contributed by atoms with E-state index in [9.17, 15) is 9.59 Å². The van der Waals surface area contributed by atoms with Gasteiger partial charge in [-0.15, -0.1) is 0 Å². The largest absolute Gasteiger partial charge is 0.464 e. The molecule has 0 fully saturated rings. The first-order valence-electron chi connectivity index (χ1n) is 5.79. The molecule has 4 nitrogen and oxygen atoms in total. The fourth-order valence-electron chi connectivity index (χ4n) is 1.60. The maximum Gasteiger partial charge on any atom is 0.328 e. The molecule has 4 heteroatoms. The zero-order valence-electron chi connectivity index (χ0n) is 10.6. The smallest absolute Gasteiger partial charge is 0.328 e. The number of carbonyl (C=O) groups excluding carboxylic acids is 2. The van der Waals surface area contributed by atoms with Crippen molar-refractivity contribution in [3.8, 4) is 0 Å². The summed E-state index contributed by atoms with van der Waals surface area (Å²) in [6.45, 7) is 7.10. The van der Waals surface area contributed by atoms with Crippen LogP contribution in [-0.4, -0.2) is 24.5 Å². The van der Waals surface area contributed by atoms with Crippen molar-refractivity contribution in [2.45, 2.75) is 19.9 Å². The molecule has 0 bridgehead atoms. The van der Waals surface area contributed by atoms with Crippen LogP contribution < -0.4 is 4.90 Å². The molecule has 1 aromatic rings. The lowest BCUT2D eigenvalue weighted by Crippen LogP contribution is -2.43. The summed E-state index contributed by atoms with van der Waals surface area (Å²) in [5.41, 5.74) is 0.642. The standard InChI is InChI=1S/C14H17NO3/c1-4-13(16)15(11(3)14(17)18-5-2)12-9-7-6-8-10-12/h4,6-11H,1,5H2,2-3H3/t11-/m0/s1. The summed E-state index contributed by atoms with van der Waals surface area (Å²) in [6, 6.07) is 8.29. The second kappa shape index (κ2) is 6.59. The van der Waals surface area contributed by atoms with Crippen LogP contribution in [0.15, 0.2) is 43.0 Å². The number of benzene rings is 1. The van der Waals surface area contributed by atoms with Crippen LogP contribution in [0.5, 0.6) is 0 Å². The molecule has 1 rings (SSSR count). The van der Waals surface area contributed by atoms with Gasteiger partial charge in [-0.25, -0.2) is 4.79 Å². The Hall–Kier alpha value is -2.10. The van der Waals surface area contributed by atoms with Crippen LogP contribution in [0.1, 0.15) is 13.8 Å². The maximum absolute atomic E-state index is 11.9. The summed E-state index contributed by atoms with van der Waals surface area (Å²) < 4.78 is 4.93. The zero-order valence-corrected chi connectivity index (χ0v) is 10.6. The van der Waals surface area contributed by atoms with Gasteiger partial charge in [-0.3, -0.25) is 9.69 Å². The molecule has 18 heavy (non-hydrogen) atoms. The number of amides is 1. The van der Waals surface area contributed by atoms with Gasteiger partial charge in [0.25, 0.3) is 5.91 Å². The maximum atomic E-state index is 11.9. The van der Waals surface area contributed by atoms with Crippen LogP contribution in [0, 0.1) is 0 Å². The van der Waals surface area contributed by atoms with Gasteiger partial charge in [0.2, 0.25) is 0 Å². The number of nitrogens with zero attached hydrogens (tertiary/aromatic N) is 1. The lowest BCUT2D eigenvalue weighted by molar-refractivity contribution is -0.145.